The summed E-state index contributed by atoms with van der Waals surface area (Å²) in [7, 11) is 1.82. The highest BCUT2D eigenvalue weighted by atomic mass is 16.3. The molecule has 2 aromatic heterocycles. The van der Waals surface area contributed by atoms with Crippen molar-refractivity contribution in [2.24, 2.45) is 0 Å². The SMILES string of the molecule is CC[C@@H](c1cccnc1)N(C)C(=O)NCCCc1nc2ccccc2o1. The number of benzene rings is 1. The molecule has 0 aliphatic rings. The molecule has 0 unspecified atom stereocenters. The summed E-state index contributed by atoms with van der Waals surface area (Å²) in [6.45, 7) is 2.64. The summed E-state index contributed by atoms with van der Waals surface area (Å²) in [4.78, 5) is 22.8. The number of hydrogen-bond acceptors (Lipinski definition) is 4. The van der Waals surface area contributed by atoms with Gasteiger partial charge in [-0.3, -0.25) is 4.98 Å². The minimum atomic E-state index is -0.0849. The van der Waals surface area contributed by atoms with Crippen LogP contribution in [0.15, 0.2) is 53.2 Å². The molecule has 6 heteroatoms. The number of hydrogen-bond donors (Lipinski definition) is 1. The van der Waals surface area contributed by atoms with Crippen LogP contribution >= 0.6 is 0 Å². The van der Waals surface area contributed by atoms with Crippen LogP contribution in [-0.2, 0) is 6.42 Å². The number of oxazole rings is 1. The molecular formula is C20H24N4O2. The van der Waals surface area contributed by atoms with Crippen LogP contribution in [0.4, 0.5) is 4.79 Å². The van der Waals surface area contributed by atoms with Crippen molar-refractivity contribution in [2.45, 2.75) is 32.2 Å². The fraction of sp³-hybridized carbons (Fsp3) is 0.350. The van der Waals surface area contributed by atoms with E-state index in [0.29, 0.717) is 18.9 Å². The molecule has 1 atom stereocenters. The van der Waals surface area contributed by atoms with Crippen LogP contribution in [0.25, 0.3) is 11.1 Å². The zero-order valence-corrected chi connectivity index (χ0v) is 15.2. The van der Waals surface area contributed by atoms with E-state index in [1.54, 1.807) is 11.1 Å². The van der Waals surface area contributed by atoms with Crippen molar-refractivity contribution < 1.29 is 9.21 Å². The van der Waals surface area contributed by atoms with Crippen molar-refractivity contribution >= 4 is 17.1 Å². The Labute approximate surface area is 153 Å². The summed E-state index contributed by atoms with van der Waals surface area (Å²) >= 11 is 0. The number of pyridine rings is 1. The third-order valence-corrected chi connectivity index (χ3v) is 4.43. The van der Waals surface area contributed by atoms with Crippen LogP contribution in [-0.4, -0.2) is 34.5 Å². The Morgan fingerprint density at radius 2 is 2.12 bits per heavy atom. The predicted molar refractivity (Wildman–Crippen MR) is 101 cm³/mol. The van der Waals surface area contributed by atoms with E-state index in [1.807, 2.05) is 49.6 Å². The number of aryl methyl sites for hydroxylation is 1. The Kier molecular flexibility index (Phi) is 5.84. The van der Waals surface area contributed by atoms with E-state index in [4.69, 9.17) is 4.42 Å². The lowest BCUT2D eigenvalue weighted by atomic mass is 10.1. The number of carbonyl (C=O) groups is 1. The number of nitrogens with zero attached hydrogens (tertiary/aromatic N) is 3. The lowest BCUT2D eigenvalue weighted by Crippen LogP contribution is -2.40. The number of amides is 2. The molecule has 2 amide bonds. The summed E-state index contributed by atoms with van der Waals surface area (Å²) in [5.74, 6) is 0.704. The topological polar surface area (TPSA) is 71.3 Å². The first-order valence-electron chi connectivity index (χ1n) is 8.94. The van der Waals surface area contributed by atoms with Gasteiger partial charge in [0.25, 0.3) is 0 Å². The van der Waals surface area contributed by atoms with Crippen molar-refractivity contribution in [3.8, 4) is 0 Å². The van der Waals surface area contributed by atoms with Crippen LogP contribution in [0, 0.1) is 0 Å². The Hall–Kier alpha value is -2.89. The molecule has 1 aromatic carbocycles. The fourth-order valence-corrected chi connectivity index (χ4v) is 3.03. The summed E-state index contributed by atoms with van der Waals surface area (Å²) < 4.78 is 5.69. The van der Waals surface area contributed by atoms with Gasteiger partial charge in [-0.2, -0.15) is 0 Å². The molecule has 0 fully saturated rings. The van der Waals surface area contributed by atoms with Crippen LogP contribution in [0.2, 0.25) is 0 Å². The monoisotopic (exact) mass is 352 g/mol. The van der Waals surface area contributed by atoms with Gasteiger partial charge >= 0.3 is 6.03 Å². The second kappa shape index (κ2) is 8.47. The highest BCUT2D eigenvalue weighted by molar-refractivity contribution is 5.74. The van der Waals surface area contributed by atoms with Crippen LogP contribution in [0.3, 0.4) is 0 Å². The fourth-order valence-electron chi connectivity index (χ4n) is 3.03. The first-order chi connectivity index (χ1) is 12.7. The van der Waals surface area contributed by atoms with Gasteiger partial charge in [-0.1, -0.05) is 25.1 Å². The number of aromatic nitrogens is 2. The largest absolute Gasteiger partial charge is 0.441 e. The molecule has 3 rings (SSSR count). The summed E-state index contributed by atoms with van der Waals surface area (Å²) in [5.41, 5.74) is 2.71. The maximum atomic E-state index is 12.4. The minimum Gasteiger partial charge on any atom is -0.441 e. The average Bonchev–Trinajstić information content (AvgIpc) is 3.09. The van der Waals surface area contributed by atoms with E-state index in [9.17, 15) is 4.79 Å². The lowest BCUT2D eigenvalue weighted by molar-refractivity contribution is 0.188. The smallest absolute Gasteiger partial charge is 0.317 e. The zero-order valence-electron chi connectivity index (χ0n) is 15.2. The molecule has 2 heterocycles. The average molecular weight is 352 g/mol. The summed E-state index contributed by atoms with van der Waals surface area (Å²) in [6.07, 6.45) is 5.85. The Bertz CT molecular complexity index is 814. The van der Waals surface area contributed by atoms with Gasteiger partial charge < -0.3 is 14.6 Å². The molecular weight excluding hydrogens is 328 g/mol. The third-order valence-electron chi connectivity index (χ3n) is 4.43. The third kappa shape index (κ3) is 4.20. The molecule has 3 aromatic rings. The predicted octanol–water partition coefficient (Wildman–Crippen LogP) is 3.95. The summed E-state index contributed by atoms with van der Waals surface area (Å²) in [5, 5.41) is 2.97. The first-order valence-corrected chi connectivity index (χ1v) is 8.94. The first kappa shape index (κ1) is 17.9. The molecule has 0 aliphatic carbocycles. The minimum absolute atomic E-state index is 0.0146. The molecule has 1 N–H and O–H groups in total. The number of nitrogens with one attached hydrogen (secondary N) is 1. The van der Waals surface area contributed by atoms with Crippen molar-refractivity contribution in [3.05, 3.63) is 60.2 Å². The molecule has 0 radical (unpaired) electrons. The van der Waals surface area contributed by atoms with E-state index < -0.39 is 0 Å². The van der Waals surface area contributed by atoms with Crippen LogP contribution in [0.1, 0.15) is 37.3 Å². The van der Waals surface area contributed by atoms with Gasteiger partial charge in [-0.25, -0.2) is 9.78 Å². The second-order valence-electron chi connectivity index (χ2n) is 6.23. The number of rotatable bonds is 7. The zero-order chi connectivity index (χ0) is 18.4. The molecule has 136 valence electrons. The highest BCUT2D eigenvalue weighted by Gasteiger charge is 2.19. The van der Waals surface area contributed by atoms with E-state index >= 15 is 0 Å². The van der Waals surface area contributed by atoms with Crippen molar-refractivity contribution in [1.29, 1.82) is 0 Å². The van der Waals surface area contributed by atoms with Gasteiger partial charge in [0.1, 0.15) is 5.52 Å². The Morgan fingerprint density at radius 3 is 2.85 bits per heavy atom. The Balaban J connectivity index is 1.48. The number of urea groups is 1. The Morgan fingerprint density at radius 1 is 1.27 bits per heavy atom. The van der Waals surface area contributed by atoms with Gasteiger partial charge in [0.05, 0.1) is 6.04 Å². The molecule has 0 bridgehead atoms. The molecule has 6 nitrogen and oxygen atoms in total. The van der Waals surface area contributed by atoms with Gasteiger partial charge in [0.15, 0.2) is 11.5 Å². The maximum absolute atomic E-state index is 12.4. The summed E-state index contributed by atoms with van der Waals surface area (Å²) in [6, 6.07) is 11.5. The quantitative estimate of drug-likeness (QED) is 0.654. The van der Waals surface area contributed by atoms with Gasteiger partial charge in [-0.15, -0.1) is 0 Å². The van der Waals surface area contributed by atoms with Crippen molar-refractivity contribution in [3.63, 3.8) is 0 Å². The molecule has 0 spiro atoms. The van der Waals surface area contributed by atoms with Crippen LogP contribution in [0.5, 0.6) is 0 Å². The van der Waals surface area contributed by atoms with Gasteiger partial charge in [0.2, 0.25) is 0 Å². The maximum Gasteiger partial charge on any atom is 0.317 e. The number of fused-ring (bicyclic) bond motifs is 1. The van der Waals surface area contributed by atoms with Crippen LogP contribution < -0.4 is 5.32 Å². The van der Waals surface area contributed by atoms with E-state index in [-0.39, 0.29) is 12.1 Å². The molecule has 0 saturated carbocycles. The number of para-hydroxylation sites is 2. The molecule has 26 heavy (non-hydrogen) atoms. The van der Waals surface area contributed by atoms with Crippen molar-refractivity contribution in [2.75, 3.05) is 13.6 Å². The van der Waals surface area contributed by atoms with Gasteiger partial charge in [-0.05, 0) is 36.6 Å². The molecule has 0 aliphatic heterocycles. The number of carbonyl (C=O) groups excluding carboxylic acids is 1. The second-order valence-corrected chi connectivity index (χ2v) is 6.23. The highest BCUT2D eigenvalue weighted by Crippen LogP contribution is 2.21. The van der Waals surface area contributed by atoms with E-state index in [0.717, 1.165) is 29.5 Å². The van der Waals surface area contributed by atoms with Crippen molar-refractivity contribution in [1.82, 2.24) is 20.2 Å². The van der Waals surface area contributed by atoms with E-state index in [1.165, 1.54) is 0 Å². The van der Waals surface area contributed by atoms with Gasteiger partial charge in [0, 0.05) is 32.4 Å². The normalized spacial score (nSPS) is 12.1. The standard InChI is InChI=1S/C20H24N4O2/c1-3-17(15-8-6-12-21-14-15)24(2)20(25)22-13-7-11-19-23-16-9-4-5-10-18(16)26-19/h4-6,8-10,12,14,17H,3,7,11,13H2,1-2H3,(H,22,25)/t17-/m0/s1. The molecule has 0 saturated heterocycles. The van der Waals surface area contributed by atoms with E-state index in [2.05, 4.69) is 22.2 Å². The lowest BCUT2D eigenvalue weighted by Gasteiger charge is -2.27.